The average Bonchev–Trinajstić information content (AvgIpc) is 3.71. The van der Waals surface area contributed by atoms with Crippen molar-refractivity contribution in [2.45, 2.75) is 120 Å². The van der Waals surface area contributed by atoms with Gasteiger partial charge in [-0.15, -0.1) is 22.7 Å². The van der Waals surface area contributed by atoms with Crippen LogP contribution in [0.25, 0.3) is 31.1 Å². The summed E-state index contributed by atoms with van der Waals surface area (Å²) in [5, 5.41) is 11.7. The number of nitrogens with zero attached hydrogens (tertiary/aromatic N) is 1. The minimum absolute atomic E-state index is 0.175. The highest BCUT2D eigenvalue weighted by molar-refractivity contribution is 7.32. The van der Waals surface area contributed by atoms with E-state index in [1.807, 2.05) is 34.8 Å². The predicted molar refractivity (Wildman–Crippen MR) is 232 cm³/mol. The number of rotatable bonds is 15. The lowest BCUT2D eigenvalue weighted by molar-refractivity contribution is 0.480. The lowest BCUT2D eigenvalue weighted by Gasteiger charge is -2.23. The largest absolute Gasteiger partial charge is 0.506 e. The molecule has 2 nitrogen and oxygen atoms in total. The predicted octanol–water partition coefficient (Wildman–Crippen LogP) is 12.0. The first-order valence-corrected chi connectivity index (χ1v) is 21.2. The number of hydrogen-bond donors (Lipinski definition) is 1. The van der Waals surface area contributed by atoms with E-state index in [1.54, 1.807) is 6.20 Å². The van der Waals surface area contributed by atoms with Crippen LogP contribution in [0.5, 0.6) is 5.75 Å². The summed E-state index contributed by atoms with van der Waals surface area (Å²) < 4.78 is 1.46. The van der Waals surface area contributed by atoms with Crippen molar-refractivity contribution >= 4 is 56.0 Å². The van der Waals surface area contributed by atoms with Gasteiger partial charge in [0.25, 0.3) is 6.71 Å². The van der Waals surface area contributed by atoms with Gasteiger partial charge in [-0.3, -0.25) is 4.98 Å². The van der Waals surface area contributed by atoms with Gasteiger partial charge < -0.3 is 5.11 Å². The smallest absolute Gasteiger partial charge is 0.255 e. The van der Waals surface area contributed by atoms with Gasteiger partial charge in [-0.05, 0) is 107 Å². The second kappa shape index (κ2) is 17.0. The van der Waals surface area contributed by atoms with E-state index in [4.69, 9.17) is 0 Å². The van der Waals surface area contributed by atoms with Crippen LogP contribution in [-0.2, 0) is 12.8 Å². The van der Waals surface area contributed by atoms with Crippen molar-refractivity contribution in [3.8, 4) is 25.9 Å². The molecule has 270 valence electrons. The maximum atomic E-state index is 10.7. The zero-order valence-corrected chi connectivity index (χ0v) is 34.3. The van der Waals surface area contributed by atoms with Gasteiger partial charge in [0.15, 0.2) is 0 Å². The Balaban J connectivity index is 1.58. The molecule has 0 bridgehead atoms. The zero-order chi connectivity index (χ0) is 36.9. The fourth-order valence-electron chi connectivity index (χ4n) is 8.49. The summed E-state index contributed by atoms with van der Waals surface area (Å²) in [7, 11) is 0. The molecular formula is C47H56BNOS2. The van der Waals surface area contributed by atoms with Crippen LogP contribution in [0.4, 0.5) is 0 Å². The molecule has 0 aliphatic rings. The molecule has 3 aromatic carbocycles. The molecule has 0 spiro atoms. The molecule has 5 heteroatoms. The number of hydrogen-bond acceptors (Lipinski definition) is 4. The van der Waals surface area contributed by atoms with Gasteiger partial charge in [-0.2, -0.15) is 0 Å². The molecule has 0 unspecified atom stereocenters. The summed E-state index contributed by atoms with van der Waals surface area (Å²) in [6.07, 6.45) is 13.9. The van der Waals surface area contributed by atoms with Crippen molar-refractivity contribution in [2.75, 3.05) is 0 Å². The summed E-state index contributed by atoms with van der Waals surface area (Å²) in [4.78, 5) is 8.72. The standard InChI is InChI=1S/C47H56BNOS2/c1-9-11-13-15-18-36-28-41(38-21-22-40(50)45-39(38)20-17-23-49-45)51-46(36)47-37(19-16-14-12-10-2)29-42(52-47)48(43-32(5)24-30(3)25-33(43)6)44-34(7)26-31(4)27-35(44)8/h17,20-29,50H,9-16,18-19H2,1-8H3. The van der Waals surface area contributed by atoms with Crippen molar-refractivity contribution in [2.24, 2.45) is 0 Å². The Kier molecular flexibility index (Phi) is 12.4. The van der Waals surface area contributed by atoms with E-state index in [0.29, 0.717) is 5.52 Å². The van der Waals surface area contributed by atoms with Gasteiger partial charge in [-0.1, -0.05) is 133 Å². The third-order valence-electron chi connectivity index (χ3n) is 10.8. The molecule has 0 aliphatic heterocycles. The molecule has 0 saturated carbocycles. The summed E-state index contributed by atoms with van der Waals surface area (Å²) in [6, 6.07) is 22.6. The van der Waals surface area contributed by atoms with E-state index in [9.17, 15) is 5.11 Å². The van der Waals surface area contributed by atoms with Crippen LogP contribution < -0.4 is 15.7 Å². The quantitative estimate of drug-likeness (QED) is 0.0845. The average molecular weight is 726 g/mol. The normalized spacial score (nSPS) is 11.5. The molecule has 3 heterocycles. The van der Waals surface area contributed by atoms with Crippen LogP contribution in [0.1, 0.15) is 110 Å². The number of unbranched alkanes of at least 4 members (excludes halogenated alkanes) is 6. The number of phenolic OH excluding ortho intramolecular Hbond substituents is 1. The Hall–Kier alpha value is -3.67. The Morgan fingerprint density at radius 1 is 0.615 bits per heavy atom. The van der Waals surface area contributed by atoms with Crippen LogP contribution in [0.3, 0.4) is 0 Å². The Morgan fingerprint density at radius 2 is 1.15 bits per heavy atom. The molecule has 0 atom stereocenters. The van der Waals surface area contributed by atoms with E-state index < -0.39 is 0 Å². The van der Waals surface area contributed by atoms with Gasteiger partial charge in [0, 0.05) is 31.8 Å². The highest BCUT2D eigenvalue weighted by Crippen LogP contribution is 2.45. The molecule has 0 aliphatic carbocycles. The molecule has 0 radical (unpaired) electrons. The lowest BCUT2D eigenvalue weighted by atomic mass is 9.36. The Morgan fingerprint density at radius 3 is 1.71 bits per heavy atom. The topological polar surface area (TPSA) is 33.1 Å². The maximum Gasteiger partial charge on any atom is 0.255 e. The first-order chi connectivity index (χ1) is 25.1. The Labute approximate surface area is 321 Å². The van der Waals surface area contributed by atoms with Gasteiger partial charge in [0.1, 0.15) is 11.3 Å². The molecule has 6 aromatic rings. The van der Waals surface area contributed by atoms with E-state index in [1.165, 1.54) is 126 Å². The van der Waals surface area contributed by atoms with E-state index >= 15 is 0 Å². The van der Waals surface area contributed by atoms with Crippen LogP contribution in [-0.4, -0.2) is 16.8 Å². The minimum atomic E-state index is 0.175. The number of aromatic nitrogens is 1. The number of thiophene rings is 2. The first-order valence-electron chi connectivity index (χ1n) is 19.6. The van der Waals surface area contributed by atoms with Crippen molar-refractivity contribution in [1.82, 2.24) is 4.98 Å². The van der Waals surface area contributed by atoms with Gasteiger partial charge in [-0.25, -0.2) is 0 Å². The highest BCUT2D eigenvalue weighted by atomic mass is 32.1. The van der Waals surface area contributed by atoms with Crippen LogP contribution in [0.15, 0.2) is 66.9 Å². The van der Waals surface area contributed by atoms with Gasteiger partial charge in [0.2, 0.25) is 0 Å². The zero-order valence-electron chi connectivity index (χ0n) is 32.7. The van der Waals surface area contributed by atoms with Crippen molar-refractivity contribution in [3.63, 3.8) is 0 Å². The molecule has 0 fully saturated rings. The van der Waals surface area contributed by atoms with Crippen LogP contribution in [0.2, 0.25) is 0 Å². The molecule has 6 rings (SSSR count). The monoisotopic (exact) mass is 725 g/mol. The summed E-state index contributed by atoms with van der Waals surface area (Å²) in [6.45, 7) is 18.5. The molecular weight excluding hydrogens is 669 g/mol. The number of phenols is 1. The SMILES string of the molecule is CCCCCCc1cc(B(c2c(C)cc(C)cc2C)c2c(C)cc(C)cc2C)sc1-c1sc(-c2ccc(O)c3ncccc23)cc1CCCCCC. The fourth-order valence-corrected chi connectivity index (χ4v) is 11.3. The number of aryl methyl sites for hydroxylation is 8. The highest BCUT2D eigenvalue weighted by Gasteiger charge is 2.32. The number of pyridine rings is 1. The molecule has 3 aromatic heterocycles. The number of aromatic hydroxyl groups is 1. The van der Waals surface area contributed by atoms with Crippen molar-refractivity contribution in [1.29, 1.82) is 0 Å². The van der Waals surface area contributed by atoms with Crippen molar-refractivity contribution in [3.05, 3.63) is 111 Å². The number of benzene rings is 3. The first kappa shape index (κ1) is 38.1. The van der Waals surface area contributed by atoms with E-state index in [2.05, 4.69) is 109 Å². The second-order valence-electron chi connectivity index (χ2n) is 15.2. The van der Waals surface area contributed by atoms with E-state index in [0.717, 1.165) is 23.8 Å². The minimum Gasteiger partial charge on any atom is -0.506 e. The van der Waals surface area contributed by atoms with E-state index in [-0.39, 0.29) is 12.5 Å². The molecule has 1 N–H and O–H groups in total. The van der Waals surface area contributed by atoms with Crippen LogP contribution in [0, 0.1) is 41.5 Å². The maximum absolute atomic E-state index is 10.7. The number of fused-ring (bicyclic) bond motifs is 1. The van der Waals surface area contributed by atoms with Crippen molar-refractivity contribution < 1.29 is 5.11 Å². The summed E-state index contributed by atoms with van der Waals surface area (Å²) in [5.74, 6) is 0.239. The van der Waals surface area contributed by atoms with Gasteiger partial charge >= 0.3 is 0 Å². The second-order valence-corrected chi connectivity index (χ2v) is 17.3. The molecule has 0 saturated heterocycles. The fraction of sp³-hybridized carbons (Fsp3) is 0.383. The lowest BCUT2D eigenvalue weighted by Crippen LogP contribution is -2.54. The summed E-state index contributed by atoms with van der Waals surface area (Å²) in [5.41, 5.74) is 15.9. The third-order valence-corrected chi connectivity index (χ3v) is 13.4. The van der Waals surface area contributed by atoms with Crippen LogP contribution >= 0.6 is 22.7 Å². The third kappa shape index (κ3) is 8.11. The molecule has 52 heavy (non-hydrogen) atoms. The molecule has 0 amide bonds. The Bertz CT molecular complexity index is 2070. The summed E-state index contributed by atoms with van der Waals surface area (Å²) >= 11 is 3.99. The van der Waals surface area contributed by atoms with Gasteiger partial charge in [0.05, 0.1) is 0 Å².